The fraction of sp³-hybridized carbons (Fsp3) is 0.364. The molecule has 0 aliphatic carbocycles. The molecular weight excluding hydrogens is 268 g/mol. The maximum atomic E-state index is 12.3. The van der Waals surface area contributed by atoms with E-state index in [4.69, 9.17) is 0 Å². The van der Waals surface area contributed by atoms with Crippen molar-refractivity contribution in [2.24, 2.45) is 0 Å². The summed E-state index contributed by atoms with van der Waals surface area (Å²) in [6.45, 7) is 1.58. The third kappa shape index (κ3) is 2.24. The lowest BCUT2D eigenvalue weighted by atomic mass is 10.3. The SMILES string of the molecule is O=[N+]([O-])c1ccc2nc(S(=O)[C@H]3CCNC3)[nH]c2c1. The molecule has 2 aromatic rings. The molecule has 1 aliphatic rings. The van der Waals surface area contributed by atoms with Gasteiger partial charge in [0.25, 0.3) is 5.69 Å². The first kappa shape index (κ1) is 12.2. The second-order valence-electron chi connectivity index (χ2n) is 4.41. The van der Waals surface area contributed by atoms with Crippen molar-refractivity contribution in [2.75, 3.05) is 13.1 Å². The largest absolute Gasteiger partial charge is 0.331 e. The second-order valence-corrected chi connectivity index (χ2v) is 6.06. The lowest BCUT2D eigenvalue weighted by molar-refractivity contribution is -0.384. The van der Waals surface area contributed by atoms with Crippen LogP contribution in [0.4, 0.5) is 5.69 Å². The van der Waals surface area contributed by atoms with Gasteiger partial charge in [-0.25, -0.2) is 4.98 Å². The maximum Gasteiger partial charge on any atom is 0.271 e. The van der Waals surface area contributed by atoms with Gasteiger partial charge in [0.15, 0.2) is 5.16 Å². The highest BCUT2D eigenvalue weighted by Crippen LogP contribution is 2.21. The quantitative estimate of drug-likeness (QED) is 0.643. The molecule has 2 atom stereocenters. The maximum absolute atomic E-state index is 12.3. The normalized spacial score (nSPS) is 20.7. The van der Waals surface area contributed by atoms with E-state index in [-0.39, 0.29) is 10.9 Å². The molecule has 0 amide bonds. The highest BCUT2D eigenvalue weighted by molar-refractivity contribution is 7.85. The van der Waals surface area contributed by atoms with Crippen LogP contribution in [0, 0.1) is 10.1 Å². The fourth-order valence-electron chi connectivity index (χ4n) is 2.15. The number of nitro groups is 1. The Balaban J connectivity index is 1.96. The van der Waals surface area contributed by atoms with Gasteiger partial charge in [-0.05, 0) is 19.0 Å². The highest BCUT2D eigenvalue weighted by Gasteiger charge is 2.24. The Morgan fingerprint density at radius 2 is 2.32 bits per heavy atom. The number of benzene rings is 1. The van der Waals surface area contributed by atoms with E-state index in [0.29, 0.717) is 22.7 Å². The minimum atomic E-state index is -1.21. The Bertz CT molecular complexity index is 663. The zero-order valence-corrected chi connectivity index (χ0v) is 10.8. The average Bonchev–Trinajstić information content (AvgIpc) is 3.06. The van der Waals surface area contributed by atoms with Gasteiger partial charge in [-0.2, -0.15) is 0 Å². The molecule has 0 saturated carbocycles. The molecule has 1 aromatic heterocycles. The van der Waals surface area contributed by atoms with Gasteiger partial charge in [0.2, 0.25) is 0 Å². The average molecular weight is 280 g/mol. The van der Waals surface area contributed by atoms with Crippen LogP contribution in [0.1, 0.15) is 6.42 Å². The first-order chi connectivity index (χ1) is 9.15. The predicted molar refractivity (Wildman–Crippen MR) is 70.4 cm³/mol. The first-order valence-electron chi connectivity index (χ1n) is 5.90. The van der Waals surface area contributed by atoms with Crippen molar-refractivity contribution in [3.63, 3.8) is 0 Å². The number of imidazole rings is 1. The molecule has 100 valence electrons. The first-order valence-corrected chi connectivity index (χ1v) is 7.12. The van der Waals surface area contributed by atoms with Crippen molar-refractivity contribution in [3.05, 3.63) is 28.3 Å². The summed E-state index contributed by atoms with van der Waals surface area (Å²) >= 11 is 0. The molecular formula is C11H12N4O3S. The van der Waals surface area contributed by atoms with E-state index >= 15 is 0 Å². The van der Waals surface area contributed by atoms with Crippen molar-refractivity contribution in [3.8, 4) is 0 Å². The summed E-state index contributed by atoms with van der Waals surface area (Å²) in [6.07, 6.45) is 0.851. The second kappa shape index (κ2) is 4.71. The molecule has 8 heteroatoms. The Labute approximate surface area is 111 Å². The monoisotopic (exact) mass is 280 g/mol. The van der Waals surface area contributed by atoms with Gasteiger partial charge in [0, 0.05) is 18.7 Å². The van der Waals surface area contributed by atoms with Gasteiger partial charge < -0.3 is 10.3 Å². The van der Waals surface area contributed by atoms with E-state index < -0.39 is 15.7 Å². The molecule has 1 aromatic carbocycles. The Hall–Kier alpha value is -1.80. The molecule has 1 unspecified atom stereocenters. The van der Waals surface area contributed by atoms with Gasteiger partial charge in [0.05, 0.1) is 32.0 Å². The summed E-state index contributed by atoms with van der Waals surface area (Å²) in [5.74, 6) is 0. The van der Waals surface area contributed by atoms with Gasteiger partial charge in [-0.3, -0.25) is 14.3 Å². The number of hydrogen-bond donors (Lipinski definition) is 2. The summed E-state index contributed by atoms with van der Waals surface area (Å²) in [5, 5.41) is 14.3. The van der Waals surface area contributed by atoms with E-state index in [9.17, 15) is 14.3 Å². The minimum absolute atomic E-state index is 0.00369. The lowest BCUT2D eigenvalue weighted by Crippen LogP contribution is -2.19. The third-order valence-corrected chi connectivity index (χ3v) is 4.75. The van der Waals surface area contributed by atoms with Crippen molar-refractivity contribution in [1.29, 1.82) is 0 Å². The summed E-state index contributed by atoms with van der Waals surface area (Å²) in [7, 11) is -1.21. The summed E-state index contributed by atoms with van der Waals surface area (Å²) in [5.41, 5.74) is 1.14. The van der Waals surface area contributed by atoms with Crippen LogP contribution in [0.25, 0.3) is 11.0 Å². The number of nitrogens with one attached hydrogen (secondary N) is 2. The Morgan fingerprint density at radius 3 is 3.00 bits per heavy atom. The van der Waals surface area contributed by atoms with Gasteiger partial charge >= 0.3 is 0 Å². The van der Waals surface area contributed by atoms with Crippen molar-refractivity contribution < 1.29 is 9.13 Å². The molecule has 19 heavy (non-hydrogen) atoms. The van der Waals surface area contributed by atoms with Crippen molar-refractivity contribution in [1.82, 2.24) is 15.3 Å². The predicted octanol–water partition coefficient (Wildman–Crippen LogP) is 0.941. The van der Waals surface area contributed by atoms with E-state index in [2.05, 4.69) is 15.3 Å². The summed E-state index contributed by atoms with van der Waals surface area (Å²) in [4.78, 5) is 17.4. The molecule has 3 rings (SSSR count). The Morgan fingerprint density at radius 1 is 1.47 bits per heavy atom. The van der Waals surface area contributed by atoms with Crippen LogP contribution in [0.2, 0.25) is 0 Å². The Kier molecular flexibility index (Phi) is 3.03. The van der Waals surface area contributed by atoms with Crippen molar-refractivity contribution in [2.45, 2.75) is 16.8 Å². The van der Waals surface area contributed by atoms with Crippen LogP contribution >= 0.6 is 0 Å². The van der Waals surface area contributed by atoms with Crippen molar-refractivity contribution >= 4 is 27.5 Å². The summed E-state index contributed by atoms with van der Waals surface area (Å²) in [6, 6.07) is 4.38. The third-order valence-electron chi connectivity index (χ3n) is 3.16. The molecule has 1 saturated heterocycles. The number of rotatable bonds is 3. The van der Waals surface area contributed by atoms with E-state index in [1.165, 1.54) is 12.1 Å². The standard InChI is InChI=1S/C11H12N4O3S/c16-15(17)7-1-2-9-10(5-7)14-11(13-9)19(18)8-3-4-12-6-8/h1-2,5,8,12H,3-4,6H2,(H,13,14)/t8-,19?/m0/s1. The number of aromatic nitrogens is 2. The van der Waals surface area contributed by atoms with Crippen LogP contribution < -0.4 is 5.32 Å². The highest BCUT2D eigenvalue weighted by atomic mass is 32.2. The number of H-pyrrole nitrogens is 1. The number of hydrogen-bond acceptors (Lipinski definition) is 5. The van der Waals surface area contributed by atoms with Crippen LogP contribution in [-0.2, 0) is 10.8 Å². The van der Waals surface area contributed by atoms with Gasteiger partial charge in [-0.15, -0.1) is 0 Å². The number of fused-ring (bicyclic) bond motifs is 1. The molecule has 0 bridgehead atoms. The fourth-order valence-corrected chi connectivity index (χ4v) is 3.47. The van der Waals surface area contributed by atoms with E-state index in [1.54, 1.807) is 6.07 Å². The molecule has 2 N–H and O–H groups in total. The smallest absolute Gasteiger partial charge is 0.271 e. The van der Waals surface area contributed by atoms with Crippen LogP contribution in [-0.4, -0.2) is 37.4 Å². The molecule has 0 radical (unpaired) electrons. The number of non-ortho nitro benzene ring substituents is 1. The lowest BCUT2D eigenvalue weighted by Gasteiger charge is -2.04. The number of nitrogens with zero attached hydrogens (tertiary/aromatic N) is 2. The molecule has 7 nitrogen and oxygen atoms in total. The van der Waals surface area contributed by atoms with E-state index in [1.807, 2.05) is 0 Å². The van der Waals surface area contributed by atoms with Crippen LogP contribution in [0.3, 0.4) is 0 Å². The minimum Gasteiger partial charge on any atom is -0.331 e. The molecule has 2 heterocycles. The molecule has 0 spiro atoms. The van der Waals surface area contributed by atoms with Gasteiger partial charge in [-0.1, -0.05) is 0 Å². The zero-order chi connectivity index (χ0) is 13.4. The van der Waals surface area contributed by atoms with Crippen LogP contribution in [0.5, 0.6) is 0 Å². The summed E-state index contributed by atoms with van der Waals surface area (Å²) < 4.78 is 12.3. The molecule has 1 fully saturated rings. The van der Waals surface area contributed by atoms with Gasteiger partial charge in [0.1, 0.15) is 0 Å². The number of nitro benzene ring substituents is 1. The number of aromatic amines is 1. The van der Waals surface area contributed by atoms with E-state index in [0.717, 1.165) is 13.0 Å². The zero-order valence-electron chi connectivity index (χ0n) is 9.96. The topological polar surface area (TPSA) is 101 Å². The van der Waals surface area contributed by atoms with Crippen LogP contribution in [0.15, 0.2) is 23.4 Å². The molecule has 1 aliphatic heterocycles.